The van der Waals surface area contributed by atoms with E-state index < -0.39 is 24.7 Å². The molecule has 142 valence electrons. The van der Waals surface area contributed by atoms with Crippen molar-refractivity contribution in [3.8, 4) is 11.5 Å². The summed E-state index contributed by atoms with van der Waals surface area (Å²) in [5.74, 6) is 0.523. The van der Waals surface area contributed by atoms with E-state index >= 15 is 0 Å². The summed E-state index contributed by atoms with van der Waals surface area (Å²) in [5, 5.41) is 9.80. The van der Waals surface area contributed by atoms with Crippen LogP contribution in [0.1, 0.15) is 22.3 Å². The van der Waals surface area contributed by atoms with Crippen LogP contribution in [0.3, 0.4) is 0 Å². The first-order valence-electron chi connectivity index (χ1n) is 7.88. The maximum absolute atomic E-state index is 11.7. The predicted molar refractivity (Wildman–Crippen MR) is 101 cm³/mol. The van der Waals surface area contributed by atoms with Gasteiger partial charge in [0.05, 0.1) is 15.7 Å². The van der Waals surface area contributed by atoms with Crippen molar-refractivity contribution in [3.05, 3.63) is 52.6 Å². The zero-order chi connectivity index (χ0) is 19.5. The van der Waals surface area contributed by atoms with Crippen LogP contribution in [0.2, 0.25) is 0 Å². The topological polar surface area (TPSA) is 93.1 Å². The first kappa shape index (κ1) is 20.6. The van der Waals surface area contributed by atoms with E-state index in [4.69, 9.17) is 4.74 Å². The Kier molecular flexibility index (Phi) is 6.64. The van der Waals surface area contributed by atoms with Gasteiger partial charge in [-0.05, 0) is 66.8 Å². The van der Waals surface area contributed by atoms with Crippen molar-refractivity contribution in [2.24, 2.45) is 0 Å². The molecule has 0 fully saturated rings. The second-order valence-corrected chi connectivity index (χ2v) is 9.31. The highest BCUT2D eigenvalue weighted by atomic mass is 32.2. The number of benzene rings is 2. The molecule has 2 rings (SSSR count). The lowest BCUT2D eigenvalue weighted by Crippen LogP contribution is -2.03. The number of phenolic OH excluding ortho intramolecular Hbond substituents is 1. The van der Waals surface area contributed by atoms with Gasteiger partial charge in [-0.3, -0.25) is 8.77 Å². The minimum atomic E-state index is -3.73. The van der Waals surface area contributed by atoms with Crippen molar-refractivity contribution in [3.63, 3.8) is 0 Å². The molecule has 0 bridgehead atoms. The quantitative estimate of drug-likeness (QED) is 0.694. The molecule has 0 saturated carbocycles. The summed E-state index contributed by atoms with van der Waals surface area (Å²) in [6.45, 7) is 3.87. The number of aryl methyl sites for hydroxylation is 2. The summed E-state index contributed by atoms with van der Waals surface area (Å²) in [7, 11) is -3.83. The van der Waals surface area contributed by atoms with Crippen molar-refractivity contribution in [2.45, 2.75) is 25.2 Å². The Labute approximate surface area is 155 Å². The second-order valence-electron chi connectivity index (χ2n) is 6.06. The van der Waals surface area contributed by atoms with Gasteiger partial charge in [0, 0.05) is 13.4 Å². The Hall–Kier alpha value is -1.66. The molecule has 2 N–H and O–H groups in total. The van der Waals surface area contributed by atoms with E-state index in [-0.39, 0.29) is 5.75 Å². The molecular formula is C18H23O6PS. The van der Waals surface area contributed by atoms with Gasteiger partial charge in [0.25, 0.3) is 0 Å². The first-order valence-corrected chi connectivity index (χ1v) is 11.2. The third-order valence-electron chi connectivity index (χ3n) is 4.06. The smallest absolute Gasteiger partial charge is 0.364 e. The number of hydrogen-bond acceptors (Lipinski definition) is 5. The predicted octanol–water partition coefficient (Wildman–Crippen LogP) is 3.51. The SMILES string of the molecule is COP(=O)(O)COc1cc(C)c(Cc2ccc(O)c(S(C)=O)c2)c(C)c1. The fourth-order valence-electron chi connectivity index (χ4n) is 2.63. The molecule has 26 heavy (non-hydrogen) atoms. The Morgan fingerprint density at radius 1 is 1.15 bits per heavy atom. The summed E-state index contributed by atoms with van der Waals surface area (Å²) in [6.07, 6.45) is 1.73. The van der Waals surface area contributed by atoms with E-state index in [0.29, 0.717) is 17.1 Å². The van der Waals surface area contributed by atoms with Gasteiger partial charge in [-0.15, -0.1) is 0 Å². The van der Waals surface area contributed by atoms with Crippen molar-refractivity contribution in [2.75, 3.05) is 19.7 Å². The van der Waals surface area contributed by atoms with Gasteiger partial charge in [-0.2, -0.15) is 0 Å². The van der Waals surface area contributed by atoms with Crippen molar-refractivity contribution >= 4 is 18.4 Å². The van der Waals surface area contributed by atoms with Crippen LogP contribution in [0, 0.1) is 13.8 Å². The molecule has 0 amide bonds. The number of phenols is 1. The van der Waals surface area contributed by atoms with Crippen LogP contribution in [-0.4, -0.2) is 33.9 Å². The summed E-state index contributed by atoms with van der Waals surface area (Å²) in [6, 6.07) is 8.71. The molecule has 2 unspecified atom stereocenters. The molecule has 0 heterocycles. The van der Waals surface area contributed by atoms with Gasteiger partial charge in [0.2, 0.25) is 0 Å². The monoisotopic (exact) mass is 398 g/mol. The molecule has 2 aromatic carbocycles. The van der Waals surface area contributed by atoms with Crippen LogP contribution >= 0.6 is 7.60 Å². The van der Waals surface area contributed by atoms with Crippen LogP contribution in [-0.2, 0) is 26.3 Å². The largest absolute Gasteiger partial charge is 0.507 e. The highest BCUT2D eigenvalue weighted by Gasteiger charge is 2.18. The van der Waals surface area contributed by atoms with Crippen LogP contribution < -0.4 is 4.74 Å². The van der Waals surface area contributed by atoms with Crippen LogP contribution in [0.25, 0.3) is 0 Å². The lowest BCUT2D eigenvalue weighted by molar-refractivity contribution is 0.268. The molecule has 0 radical (unpaired) electrons. The third-order valence-corrected chi connectivity index (χ3v) is 6.04. The molecule has 0 spiro atoms. The molecular weight excluding hydrogens is 375 g/mol. The Morgan fingerprint density at radius 3 is 2.31 bits per heavy atom. The van der Waals surface area contributed by atoms with Crippen LogP contribution in [0.5, 0.6) is 11.5 Å². The van der Waals surface area contributed by atoms with Gasteiger partial charge >= 0.3 is 7.60 Å². The Balaban J connectivity index is 2.25. The molecule has 2 aromatic rings. The molecule has 0 aliphatic carbocycles. The van der Waals surface area contributed by atoms with Crippen LogP contribution in [0.15, 0.2) is 35.2 Å². The van der Waals surface area contributed by atoms with Gasteiger partial charge in [-0.25, -0.2) is 0 Å². The highest BCUT2D eigenvalue weighted by molar-refractivity contribution is 7.84. The maximum atomic E-state index is 11.7. The minimum absolute atomic E-state index is 0.0263. The maximum Gasteiger partial charge on any atom is 0.364 e. The lowest BCUT2D eigenvalue weighted by atomic mass is 9.96. The van der Waals surface area contributed by atoms with E-state index in [9.17, 15) is 18.8 Å². The Bertz CT molecular complexity index is 857. The van der Waals surface area contributed by atoms with E-state index in [1.54, 1.807) is 30.3 Å². The zero-order valence-corrected chi connectivity index (χ0v) is 16.9. The van der Waals surface area contributed by atoms with E-state index in [1.165, 1.54) is 13.4 Å². The van der Waals surface area contributed by atoms with E-state index in [1.807, 2.05) is 13.8 Å². The van der Waals surface area contributed by atoms with Gasteiger partial charge in [-0.1, -0.05) is 6.07 Å². The second kappa shape index (κ2) is 8.35. The summed E-state index contributed by atoms with van der Waals surface area (Å²) in [4.78, 5) is 9.84. The third kappa shape index (κ3) is 5.17. The average Bonchev–Trinajstić information content (AvgIpc) is 2.57. The molecule has 8 heteroatoms. The molecule has 0 aromatic heterocycles. The van der Waals surface area contributed by atoms with E-state index in [2.05, 4.69) is 4.52 Å². The number of aromatic hydroxyl groups is 1. The normalized spacial score (nSPS) is 14.7. The molecule has 0 saturated heterocycles. The van der Waals surface area contributed by atoms with Gasteiger partial charge in [0.1, 0.15) is 11.5 Å². The standard InChI is InChI=1S/C18H23O6PS/c1-12-7-15(24-11-25(20,21)23-3)8-13(2)16(12)9-14-5-6-17(19)18(10-14)26(4)22/h5-8,10,19H,9,11H2,1-4H3,(H,20,21). The molecule has 2 atom stereocenters. The number of rotatable bonds is 7. The number of hydrogen-bond donors (Lipinski definition) is 2. The zero-order valence-electron chi connectivity index (χ0n) is 15.2. The van der Waals surface area contributed by atoms with Gasteiger partial charge in [0.15, 0.2) is 6.35 Å². The Morgan fingerprint density at radius 2 is 1.77 bits per heavy atom. The van der Waals surface area contributed by atoms with Crippen LogP contribution in [0.4, 0.5) is 0 Å². The molecule has 6 nitrogen and oxygen atoms in total. The van der Waals surface area contributed by atoms with E-state index in [0.717, 1.165) is 22.3 Å². The minimum Gasteiger partial charge on any atom is -0.507 e. The number of ether oxygens (including phenoxy) is 1. The fourth-order valence-corrected chi connectivity index (χ4v) is 3.73. The van der Waals surface area contributed by atoms with Crippen molar-refractivity contribution in [1.82, 2.24) is 0 Å². The molecule has 0 aliphatic heterocycles. The van der Waals surface area contributed by atoms with Gasteiger partial charge < -0.3 is 19.3 Å². The summed E-state index contributed by atoms with van der Waals surface area (Å²) >= 11 is 0. The van der Waals surface area contributed by atoms with Crippen molar-refractivity contribution in [1.29, 1.82) is 0 Å². The fraction of sp³-hybridized carbons (Fsp3) is 0.333. The van der Waals surface area contributed by atoms with Crippen molar-refractivity contribution < 1.29 is 28.0 Å². The molecule has 0 aliphatic rings. The first-order chi connectivity index (χ1) is 12.1. The average molecular weight is 398 g/mol. The summed E-state index contributed by atoms with van der Waals surface area (Å²) in [5.41, 5.74) is 3.96. The lowest BCUT2D eigenvalue weighted by Gasteiger charge is -2.15. The summed E-state index contributed by atoms with van der Waals surface area (Å²) < 4.78 is 33.1. The highest BCUT2D eigenvalue weighted by Crippen LogP contribution is 2.41.